The lowest BCUT2D eigenvalue weighted by Gasteiger charge is -2.09. The number of aldehydes is 1. The lowest BCUT2D eigenvalue weighted by molar-refractivity contribution is -0.113. The summed E-state index contributed by atoms with van der Waals surface area (Å²) < 4.78 is 11.3. The highest BCUT2D eigenvalue weighted by atomic mass is 19.2. The van der Waals surface area contributed by atoms with Gasteiger partial charge in [-0.25, -0.2) is 0 Å². The van der Waals surface area contributed by atoms with E-state index in [-0.39, 0.29) is 0 Å². The van der Waals surface area contributed by atoms with Gasteiger partial charge in [0.05, 0.1) is 5.54 Å². The number of carbonyl (C=O) groups excluding carboxylic acids is 1. The molecule has 56 valence electrons. The molecule has 0 aromatic rings. The molecule has 0 aliphatic rings. The molecule has 0 unspecified atom stereocenters. The van der Waals surface area contributed by atoms with Crippen molar-refractivity contribution >= 4 is 6.29 Å². The zero-order valence-electron chi connectivity index (χ0n) is 6.36. The lowest BCUT2D eigenvalue weighted by atomic mass is 10.1. The molecule has 0 fully saturated rings. The Morgan fingerprint density at radius 1 is 1.44 bits per heavy atom. The van der Waals surface area contributed by atoms with Gasteiger partial charge in [-0.05, 0) is 13.8 Å². The number of hydrogen-bond acceptors (Lipinski definition) is 2. The zero-order valence-corrected chi connectivity index (χ0v) is 6.36. The SMILES string of the molecule is CC.CC(C)(C=O)NF. The Morgan fingerprint density at radius 2 is 1.78 bits per heavy atom. The molecule has 0 saturated carbocycles. The first-order chi connectivity index (χ1) is 4.12. The summed E-state index contributed by atoms with van der Waals surface area (Å²) in [6.45, 7) is 6.89. The largest absolute Gasteiger partial charge is 0.301 e. The number of carbonyl (C=O) groups is 1. The van der Waals surface area contributed by atoms with Crippen molar-refractivity contribution in [3.8, 4) is 0 Å². The Bertz CT molecular complexity index is 73.5. The summed E-state index contributed by atoms with van der Waals surface area (Å²) in [5, 5.41) is 0. The van der Waals surface area contributed by atoms with Crippen LogP contribution in [0.15, 0.2) is 0 Å². The van der Waals surface area contributed by atoms with E-state index < -0.39 is 5.54 Å². The van der Waals surface area contributed by atoms with E-state index >= 15 is 0 Å². The molecule has 0 aliphatic heterocycles. The fourth-order valence-corrected chi connectivity index (χ4v) is 0.0223. The van der Waals surface area contributed by atoms with E-state index in [9.17, 15) is 9.28 Å². The smallest absolute Gasteiger partial charge is 0.142 e. The molecule has 0 atom stereocenters. The van der Waals surface area contributed by atoms with Crippen molar-refractivity contribution in [2.75, 3.05) is 0 Å². The van der Waals surface area contributed by atoms with Crippen LogP contribution in [0.4, 0.5) is 4.48 Å². The molecule has 0 aromatic heterocycles. The van der Waals surface area contributed by atoms with Crippen LogP contribution in [-0.2, 0) is 4.79 Å². The maximum absolute atomic E-state index is 11.3. The summed E-state index contributed by atoms with van der Waals surface area (Å²) in [6, 6.07) is 0. The molecule has 0 radical (unpaired) electrons. The Labute approximate surface area is 55.4 Å². The summed E-state index contributed by atoms with van der Waals surface area (Å²) in [5.74, 6) is 0. The van der Waals surface area contributed by atoms with Crippen molar-refractivity contribution < 1.29 is 9.28 Å². The minimum absolute atomic E-state index is 0.507. The van der Waals surface area contributed by atoms with Crippen LogP contribution in [-0.4, -0.2) is 11.8 Å². The maximum atomic E-state index is 11.3. The molecule has 3 heteroatoms. The average molecular weight is 135 g/mol. The number of nitrogens with one attached hydrogen (secondary N) is 1. The van der Waals surface area contributed by atoms with Crippen molar-refractivity contribution in [2.45, 2.75) is 33.2 Å². The first-order valence-electron chi connectivity index (χ1n) is 2.96. The molecular formula is C6H14FNO. The van der Waals surface area contributed by atoms with Crippen molar-refractivity contribution in [3.63, 3.8) is 0 Å². The molecule has 0 aliphatic carbocycles. The molecule has 1 N–H and O–H groups in total. The van der Waals surface area contributed by atoms with E-state index in [4.69, 9.17) is 0 Å². The first-order valence-corrected chi connectivity index (χ1v) is 2.96. The van der Waals surface area contributed by atoms with Gasteiger partial charge in [0.15, 0.2) is 0 Å². The Balaban J connectivity index is 0. The molecule has 0 heterocycles. The van der Waals surface area contributed by atoms with Crippen LogP contribution in [0.2, 0.25) is 0 Å². The van der Waals surface area contributed by atoms with Crippen molar-refractivity contribution in [2.24, 2.45) is 0 Å². The maximum Gasteiger partial charge on any atom is 0.142 e. The minimum Gasteiger partial charge on any atom is -0.301 e. The third kappa shape index (κ3) is 7.56. The Morgan fingerprint density at radius 3 is 1.78 bits per heavy atom. The third-order valence-electron chi connectivity index (χ3n) is 0.538. The molecule has 0 bridgehead atoms. The van der Waals surface area contributed by atoms with E-state index in [0.717, 1.165) is 0 Å². The second-order valence-electron chi connectivity index (χ2n) is 1.93. The summed E-state index contributed by atoms with van der Waals surface area (Å²) in [5.41, 5.74) is 0.309. The standard InChI is InChI=1S/C4H8FNO.C2H6/c1-4(2,3-7)6-5;1-2/h3,6H,1-2H3;1-2H3. The van der Waals surface area contributed by atoms with E-state index in [1.165, 1.54) is 19.4 Å². The van der Waals surface area contributed by atoms with Crippen molar-refractivity contribution in [1.29, 1.82) is 0 Å². The summed E-state index contributed by atoms with van der Waals surface area (Å²) in [7, 11) is 0. The van der Waals surface area contributed by atoms with Gasteiger partial charge in [-0.1, -0.05) is 13.8 Å². The minimum atomic E-state index is -1.01. The second kappa shape index (κ2) is 5.69. The van der Waals surface area contributed by atoms with Crippen LogP contribution in [0.1, 0.15) is 27.7 Å². The highest BCUT2D eigenvalue weighted by Gasteiger charge is 2.13. The van der Waals surface area contributed by atoms with Gasteiger partial charge >= 0.3 is 0 Å². The van der Waals surface area contributed by atoms with E-state index in [1.807, 2.05) is 13.8 Å². The highest BCUT2D eigenvalue weighted by molar-refractivity contribution is 5.62. The molecule has 0 aromatic carbocycles. The molecule has 2 nitrogen and oxygen atoms in total. The molecule has 0 saturated heterocycles. The Kier molecular flexibility index (Phi) is 7.19. The molecule has 0 amide bonds. The van der Waals surface area contributed by atoms with Crippen LogP contribution in [0.25, 0.3) is 0 Å². The average Bonchev–Trinajstić information content (AvgIpc) is 1.93. The van der Waals surface area contributed by atoms with Gasteiger partial charge in [0.2, 0.25) is 0 Å². The van der Waals surface area contributed by atoms with E-state index in [1.54, 1.807) is 0 Å². The first kappa shape index (κ1) is 11.4. The highest BCUT2D eigenvalue weighted by Crippen LogP contribution is 1.93. The zero-order chi connectivity index (χ0) is 7.91. The van der Waals surface area contributed by atoms with E-state index in [2.05, 4.69) is 0 Å². The molecule has 0 spiro atoms. The van der Waals surface area contributed by atoms with Gasteiger partial charge in [-0.2, -0.15) is 0 Å². The van der Waals surface area contributed by atoms with Crippen LogP contribution >= 0.6 is 0 Å². The van der Waals surface area contributed by atoms with Crippen molar-refractivity contribution in [3.05, 3.63) is 0 Å². The van der Waals surface area contributed by atoms with Crippen molar-refractivity contribution in [1.82, 2.24) is 5.54 Å². The van der Waals surface area contributed by atoms with Crippen LogP contribution < -0.4 is 5.54 Å². The van der Waals surface area contributed by atoms with Crippen LogP contribution in [0.5, 0.6) is 0 Å². The lowest BCUT2D eigenvalue weighted by Crippen LogP contribution is -2.34. The second-order valence-corrected chi connectivity index (χ2v) is 1.93. The summed E-state index contributed by atoms with van der Waals surface area (Å²) in [4.78, 5) is 9.76. The third-order valence-corrected chi connectivity index (χ3v) is 0.538. The summed E-state index contributed by atoms with van der Waals surface area (Å²) >= 11 is 0. The van der Waals surface area contributed by atoms with Gasteiger partial charge in [0.1, 0.15) is 6.29 Å². The topological polar surface area (TPSA) is 29.1 Å². The van der Waals surface area contributed by atoms with Crippen LogP contribution in [0.3, 0.4) is 0 Å². The van der Waals surface area contributed by atoms with Gasteiger partial charge < -0.3 is 4.79 Å². The molecular weight excluding hydrogens is 121 g/mol. The van der Waals surface area contributed by atoms with Crippen LogP contribution in [0, 0.1) is 0 Å². The normalized spacial score (nSPS) is 9.44. The van der Waals surface area contributed by atoms with E-state index in [0.29, 0.717) is 6.29 Å². The number of hydrogen-bond donors (Lipinski definition) is 1. The predicted molar refractivity (Wildman–Crippen MR) is 35.7 cm³/mol. The van der Waals surface area contributed by atoms with Gasteiger partial charge in [-0.15, -0.1) is 10.0 Å². The number of halogens is 1. The monoisotopic (exact) mass is 135 g/mol. The predicted octanol–water partition coefficient (Wildman–Crippen LogP) is 1.46. The van der Waals surface area contributed by atoms with Gasteiger partial charge in [-0.3, -0.25) is 0 Å². The molecule has 0 rings (SSSR count). The number of rotatable bonds is 2. The fraction of sp³-hybridized carbons (Fsp3) is 0.833. The van der Waals surface area contributed by atoms with Gasteiger partial charge in [0.25, 0.3) is 0 Å². The Hall–Kier alpha value is -0.440. The quantitative estimate of drug-likeness (QED) is 0.459. The van der Waals surface area contributed by atoms with Gasteiger partial charge in [0, 0.05) is 0 Å². The summed E-state index contributed by atoms with van der Waals surface area (Å²) in [6.07, 6.45) is 0.507. The molecule has 9 heavy (non-hydrogen) atoms. The fourth-order valence-electron chi connectivity index (χ4n) is 0.0223.